The quantitative estimate of drug-likeness (QED) is 0.731. The molecule has 1 N–H and O–H groups in total. The van der Waals surface area contributed by atoms with Crippen molar-refractivity contribution < 1.29 is 23.9 Å². The van der Waals surface area contributed by atoms with E-state index >= 15 is 0 Å². The highest BCUT2D eigenvalue weighted by atomic mass is 32.1. The number of esters is 1. The van der Waals surface area contributed by atoms with E-state index in [1.807, 2.05) is 6.92 Å². The molecule has 0 aromatic carbocycles. The van der Waals surface area contributed by atoms with Crippen LogP contribution in [-0.4, -0.2) is 60.6 Å². The van der Waals surface area contributed by atoms with Crippen LogP contribution in [0, 0.1) is 12.8 Å². The number of rotatable bonds is 7. The Morgan fingerprint density at radius 1 is 1.48 bits per heavy atom. The number of thiazole rings is 1. The lowest BCUT2D eigenvalue weighted by Crippen LogP contribution is -2.38. The van der Waals surface area contributed by atoms with Crippen LogP contribution < -0.4 is 5.32 Å². The van der Waals surface area contributed by atoms with Crippen molar-refractivity contribution in [3.63, 3.8) is 0 Å². The standard InChI is InChI=1S/C16H23N3O5S/c1-5-24-15(22)13-10(3)17-16(25-13)18-14(21)11-6-12(20)19(7-11)9(2)8-23-4/h9,11H,5-8H2,1-4H3,(H,17,18,21)/t9-,11+/m0/s1. The summed E-state index contributed by atoms with van der Waals surface area (Å²) in [5, 5.41) is 3.04. The molecule has 8 nitrogen and oxygen atoms in total. The van der Waals surface area contributed by atoms with E-state index < -0.39 is 11.9 Å². The van der Waals surface area contributed by atoms with E-state index in [1.165, 1.54) is 0 Å². The average Bonchev–Trinajstić information content (AvgIpc) is 3.11. The minimum Gasteiger partial charge on any atom is -0.462 e. The monoisotopic (exact) mass is 369 g/mol. The van der Waals surface area contributed by atoms with Crippen LogP contribution in [0.15, 0.2) is 0 Å². The van der Waals surface area contributed by atoms with Crippen LogP contribution in [0.3, 0.4) is 0 Å². The number of carbonyl (C=O) groups excluding carboxylic acids is 3. The summed E-state index contributed by atoms with van der Waals surface area (Å²) in [7, 11) is 1.58. The Kier molecular flexibility index (Phi) is 6.49. The molecule has 2 rings (SSSR count). The van der Waals surface area contributed by atoms with Gasteiger partial charge >= 0.3 is 5.97 Å². The summed E-state index contributed by atoms with van der Waals surface area (Å²) in [4.78, 5) is 42.6. The minimum absolute atomic E-state index is 0.0627. The molecule has 9 heteroatoms. The van der Waals surface area contributed by atoms with E-state index in [1.54, 1.807) is 25.9 Å². The Morgan fingerprint density at radius 2 is 2.20 bits per heavy atom. The van der Waals surface area contributed by atoms with E-state index in [0.29, 0.717) is 28.9 Å². The van der Waals surface area contributed by atoms with Gasteiger partial charge in [-0.25, -0.2) is 9.78 Å². The fraction of sp³-hybridized carbons (Fsp3) is 0.625. The molecule has 0 bridgehead atoms. The first kappa shape index (κ1) is 19.3. The molecule has 1 aliphatic heterocycles. The Morgan fingerprint density at radius 3 is 2.84 bits per heavy atom. The van der Waals surface area contributed by atoms with Crippen LogP contribution in [0.1, 0.15) is 35.6 Å². The first-order valence-electron chi connectivity index (χ1n) is 8.11. The normalized spacial score (nSPS) is 18.3. The number of methoxy groups -OCH3 is 1. The van der Waals surface area contributed by atoms with E-state index in [-0.39, 0.29) is 30.9 Å². The highest BCUT2D eigenvalue weighted by Crippen LogP contribution is 2.26. The number of hydrogen-bond donors (Lipinski definition) is 1. The molecule has 1 aliphatic rings. The van der Waals surface area contributed by atoms with E-state index in [2.05, 4.69) is 10.3 Å². The largest absolute Gasteiger partial charge is 0.462 e. The van der Waals surface area contributed by atoms with Crippen molar-refractivity contribution >= 4 is 34.3 Å². The van der Waals surface area contributed by atoms with Crippen molar-refractivity contribution in [2.75, 3.05) is 32.2 Å². The second-order valence-corrected chi connectivity index (χ2v) is 6.89. The third kappa shape index (κ3) is 4.55. The Balaban J connectivity index is 2.00. The number of nitrogens with one attached hydrogen (secondary N) is 1. The molecule has 1 saturated heterocycles. The molecule has 25 heavy (non-hydrogen) atoms. The Hall–Kier alpha value is -2.00. The topological polar surface area (TPSA) is 97.8 Å². The van der Waals surface area contributed by atoms with Crippen LogP contribution >= 0.6 is 11.3 Å². The van der Waals surface area contributed by atoms with E-state index in [0.717, 1.165) is 11.3 Å². The molecule has 0 spiro atoms. The van der Waals surface area contributed by atoms with Crippen molar-refractivity contribution in [3.05, 3.63) is 10.6 Å². The molecule has 1 aromatic rings. The van der Waals surface area contributed by atoms with Crippen LogP contribution in [0.2, 0.25) is 0 Å². The number of nitrogens with zero attached hydrogens (tertiary/aromatic N) is 2. The number of anilines is 1. The van der Waals surface area contributed by atoms with Gasteiger partial charge in [0.2, 0.25) is 11.8 Å². The maximum atomic E-state index is 12.4. The summed E-state index contributed by atoms with van der Waals surface area (Å²) in [5.41, 5.74) is 0.511. The molecule has 0 radical (unpaired) electrons. The van der Waals surface area contributed by atoms with Gasteiger partial charge in [0.15, 0.2) is 5.13 Å². The maximum absolute atomic E-state index is 12.4. The summed E-state index contributed by atoms with van der Waals surface area (Å²) in [5.74, 6) is -1.23. The highest BCUT2D eigenvalue weighted by Gasteiger charge is 2.37. The lowest BCUT2D eigenvalue weighted by atomic mass is 10.1. The zero-order valence-corrected chi connectivity index (χ0v) is 15.6. The first-order valence-corrected chi connectivity index (χ1v) is 8.92. The third-order valence-corrected chi connectivity index (χ3v) is 5.01. The van der Waals surface area contributed by atoms with Gasteiger partial charge in [0.05, 0.1) is 30.9 Å². The van der Waals surface area contributed by atoms with Gasteiger partial charge in [0.25, 0.3) is 0 Å². The molecule has 1 aromatic heterocycles. The molecular weight excluding hydrogens is 346 g/mol. The molecule has 2 amide bonds. The van der Waals surface area contributed by atoms with Crippen molar-refractivity contribution in [2.24, 2.45) is 5.92 Å². The molecule has 1 fully saturated rings. The third-order valence-electron chi connectivity index (χ3n) is 3.96. The lowest BCUT2D eigenvalue weighted by molar-refractivity contribution is -0.130. The molecule has 138 valence electrons. The number of aryl methyl sites for hydroxylation is 1. The van der Waals surface area contributed by atoms with Gasteiger partial charge < -0.3 is 19.7 Å². The second-order valence-electron chi connectivity index (χ2n) is 5.89. The van der Waals surface area contributed by atoms with Crippen LogP contribution in [-0.2, 0) is 19.1 Å². The molecule has 0 aliphatic carbocycles. The first-order chi connectivity index (χ1) is 11.9. The molecule has 0 unspecified atom stereocenters. The number of aromatic nitrogens is 1. The van der Waals surface area contributed by atoms with Crippen LogP contribution in [0.5, 0.6) is 0 Å². The number of likely N-dealkylation sites (tertiary alicyclic amines) is 1. The summed E-state index contributed by atoms with van der Waals surface area (Å²) in [6, 6.07) is -0.0761. The van der Waals surface area contributed by atoms with Crippen molar-refractivity contribution in [1.82, 2.24) is 9.88 Å². The molecule has 2 heterocycles. The lowest BCUT2D eigenvalue weighted by Gasteiger charge is -2.23. The van der Waals surface area contributed by atoms with Gasteiger partial charge in [0.1, 0.15) is 4.88 Å². The number of amides is 2. The predicted molar refractivity (Wildman–Crippen MR) is 92.6 cm³/mol. The molecular formula is C16H23N3O5S. The number of carbonyl (C=O) groups is 3. The summed E-state index contributed by atoms with van der Waals surface area (Å²) < 4.78 is 10.0. The molecule has 0 saturated carbocycles. The second kappa shape index (κ2) is 8.39. The van der Waals surface area contributed by atoms with Gasteiger partial charge in [-0.05, 0) is 20.8 Å². The highest BCUT2D eigenvalue weighted by molar-refractivity contribution is 7.17. The smallest absolute Gasteiger partial charge is 0.350 e. The average molecular weight is 369 g/mol. The zero-order chi connectivity index (χ0) is 18.6. The van der Waals surface area contributed by atoms with Gasteiger partial charge in [-0.3, -0.25) is 9.59 Å². The summed E-state index contributed by atoms with van der Waals surface area (Å²) >= 11 is 1.07. The van der Waals surface area contributed by atoms with Gasteiger partial charge in [-0.1, -0.05) is 11.3 Å². The predicted octanol–water partition coefficient (Wildman–Crippen LogP) is 1.45. The summed E-state index contributed by atoms with van der Waals surface area (Å²) in [6.07, 6.45) is 0.162. The Bertz CT molecular complexity index is 660. The zero-order valence-electron chi connectivity index (χ0n) is 14.8. The Labute approximate surface area is 150 Å². The van der Waals surface area contributed by atoms with Crippen molar-refractivity contribution in [3.8, 4) is 0 Å². The van der Waals surface area contributed by atoms with Gasteiger partial charge in [-0.2, -0.15) is 0 Å². The van der Waals surface area contributed by atoms with E-state index in [4.69, 9.17) is 9.47 Å². The van der Waals surface area contributed by atoms with Crippen molar-refractivity contribution in [2.45, 2.75) is 33.2 Å². The summed E-state index contributed by atoms with van der Waals surface area (Å²) in [6.45, 7) is 6.35. The fourth-order valence-corrected chi connectivity index (χ4v) is 3.57. The fourth-order valence-electron chi connectivity index (χ4n) is 2.71. The maximum Gasteiger partial charge on any atom is 0.350 e. The van der Waals surface area contributed by atoms with Gasteiger partial charge in [-0.15, -0.1) is 0 Å². The van der Waals surface area contributed by atoms with Gasteiger partial charge in [0, 0.05) is 20.1 Å². The SMILES string of the molecule is CCOC(=O)c1sc(NC(=O)[C@@H]2CC(=O)N([C@@H](C)COC)C2)nc1C. The van der Waals surface area contributed by atoms with Crippen molar-refractivity contribution in [1.29, 1.82) is 0 Å². The number of hydrogen-bond acceptors (Lipinski definition) is 7. The number of ether oxygens (including phenoxy) is 2. The van der Waals surface area contributed by atoms with Crippen LogP contribution in [0.25, 0.3) is 0 Å². The van der Waals surface area contributed by atoms with E-state index in [9.17, 15) is 14.4 Å². The molecule has 2 atom stereocenters. The van der Waals surface area contributed by atoms with Crippen LogP contribution in [0.4, 0.5) is 5.13 Å². The minimum atomic E-state index is -0.450.